The smallest absolute Gasteiger partial charge is 0.151 e. The maximum Gasteiger partial charge on any atom is 0.151 e. The second-order valence-electron chi connectivity index (χ2n) is 9.83. The normalized spacial score (nSPS) is 14.7. The maximum atomic E-state index is 6.50. The van der Waals surface area contributed by atoms with Crippen molar-refractivity contribution in [1.82, 2.24) is 19.5 Å². The predicted molar refractivity (Wildman–Crippen MR) is 155 cm³/mol. The number of nitrogens with zero attached hydrogens (tertiary/aromatic N) is 4. The van der Waals surface area contributed by atoms with Gasteiger partial charge in [-0.2, -0.15) is 9.61 Å². The molecule has 1 fully saturated rings. The van der Waals surface area contributed by atoms with E-state index in [0.29, 0.717) is 11.1 Å². The monoisotopic (exact) mass is 505 g/mol. The van der Waals surface area contributed by atoms with E-state index in [4.69, 9.17) is 16.6 Å². The minimum Gasteiger partial charge on any atom is -0.367 e. The van der Waals surface area contributed by atoms with Crippen LogP contribution < -0.4 is 10.8 Å². The first-order valence-electron chi connectivity index (χ1n) is 12.9. The number of halogens is 1. The number of hydrogen-bond acceptors (Lipinski definition) is 4. The third kappa shape index (κ3) is 5.13. The molecule has 1 aliphatic rings. The Kier molecular flexibility index (Phi) is 6.69. The van der Waals surface area contributed by atoms with E-state index in [1.54, 1.807) is 0 Å². The van der Waals surface area contributed by atoms with Gasteiger partial charge in [-0.1, -0.05) is 84.4 Å². The van der Waals surface area contributed by atoms with Crippen LogP contribution in [-0.4, -0.2) is 46.5 Å². The van der Waals surface area contributed by atoms with Crippen molar-refractivity contribution >= 4 is 36.4 Å². The Morgan fingerprint density at radius 1 is 0.892 bits per heavy atom. The van der Waals surface area contributed by atoms with Crippen LogP contribution in [0.4, 0.5) is 5.82 Å². The average molecular weight is 506 g/mol. The van der Waals surface area contributed by atoms with Crippen LogP contribution in [0.3, 0.4) is 0 Å². The maximum absolute atomic E-state index is 6.50. The molecule has 3 aromatic carbocycles. The number of piperidine rings is 1. The largest absolute Gasteiger partial charge is 0.367 e. The first-order valence-corrected chi connectivity index (χ1v) is 13.3. The standard InChI is InChI=1S/C30H29BClN5/c31-26-19-33-37-29(18-28(35-30(26)37)25-8-4-5-9-27(25)32)34-24-14-16-36(17-15-24)20-21-10-12-23(13-11-21)22-6-2-1-3-7-22/h1-13,18-19,24,34H,14-17,20,31H2. The summed E-state index contributed by atoms with van der Waals surface area (Å²) in [6, 6.07) is 29.8. The zero-order valence-corrected chi connectivity index (χ0v) is 21.7. The third-order valence-electron chi connectivity index (χ3n) is 7.20. The number of aromatic nitrogens is 3. The van der Waals surface area contributed by atoms with Gasteiger partial charge in [-0.05, 0) is 41.1 Å². The number of fused-ring (bicyclic) bond motifs is 1. The Morgan fingerprint density at radius 3 is 2.35 bits per heavy atom. The van der Waals surface area contributed by atoms with Crippen molar-refractivity contribution in [3.8, 4) is 22.4 Å². The van der Waals surface area contributed by atoms with Crippen molar-refractivity contribution < 1.29 is 0 Å². The van der Waals surface area contributed by atoms with Gasteiger partial charge >= 0.3 is 0 Å². The molecule has 5 aromatic rings. The van der Waals surface area contributed by atoms with E-state index < -0.39 is 0 Å². The molecule has 7 heteroatoms. The van der Waals surface area contributed by atoms with Crippen molar-refractivity contribution in [2.75, 3.05) is 18.4 Å². The summed E-state index contributed by atoms with van der Waals surface area (Å²) in [6.07, 6.45) is 4.02. The lowest BCUT2D eigenvalue weighted by Gasteiger charge is -2.33. The molecule has 1 aliphatic heterocycles. The number of likely N-dealkylation sites (tertiary alicyclic amines) is 1. The summed E-state index contributed by atoms with van der Waals surface area (Å²) < 4.78 is 1.91. The van der Waals surface area contributed by atoms with Crippen molar-refractivity contribution in [1.29, 1.82) is 0 Å². The summed E-state index contributed by atoms with van der Waals surface area (Å²) in [5, 5.41) is 9.06. The Balaban J connectivity index is 1.13. The van der Waals surface area contributed by atoms with Crippen LogP contribution in [0, 0.1) is 0 Å². The number of nitrogens with one attached hydrogen (secondary N) is 1. The number of rotatable bonds is 6. The molecule has 6 rings (SSSR count). The molecular formula is C30H29BClN5. The number of benzene rings is 3. The SMILES string of the molecule is Bc1cnn2c(NC3CCN(Cc4ccc(-c5ccccc5)cc4)CC3)cc(-c3ccccc3Cl)nc12. The van der Waals surface area contributed by atoms with Crippen molar-refractivity contribution in [2.45, 2.75) is 25.4 Å². The average Bonchev–Trinajstić information content (AvgIpc) is 3.32. The van der Waals surface area contributed by atoms with Crippen LogP contribution in [0.15, 0.2) is 91.1 Å². The van der Waals surface area contributed by atoms with E-state index in [9.17, 15) is 0 Å². The van der Waals surface area contributed by atoms with E-state index in [0.717, 1.165) is 60.7 Å². The zero-order chi connectivity index (χ0) is 25.2. The zero-order valence-electron chi connectivity index (χ0n) is 20.9. The van der Waals surface area contributed by atoms with Gasteiger partial charge in [0.2, 0.25) is 0 Å². The Morgan fingerprint density at radius 2 is 1.59 bits per heavy atom. The Hall–Kier alpha value is -3.61. The fraction of sp³-hybridized carbons (Fsp3) is 0.200. The van der Waals surface area contributed by atoms with Gasteiger partial charge in [0.1, 0.15) is 13.7 Å². The molecule has 0 unspecified atom stereocenters. The predicted octanol–water partition coefficient (Wildman–Crippen LogP) is 5.05. The lowest BCUT2D eigenvalue weighted by Crippen LogP contribution is -2.39. The van der Waals surface area contributed by atoms with Crippen LogP contribution in [0.5, 0.6) is 0 Å². The van der Waals surface area contributed by atoms with Crippen molar-refractivity contribution in [3.63, 3.8) is 0 Å². The molecule has 184 valence electrons. The highest BCUT2D eigenvalue weighted by molar-refractivity contribution is 6.36. The second-order valence-corrected chi connectivity index (χ2v) is 10.2. The highest BCUT2D eigenvalue weighted by atomic mass is 35.5. The van der Waals surface area contributed by atoms with Crippen molar-refractivity contribution in [2.24, 2.45) is 0 Å². The van der Waals surface area contributed by atoms with Gasteiger partial charge < -0.3 is 5.32 Å². The summed E-state index contributed by atoms with van der Waals surface area (Å²) in [4.78, 5) is 7.42. The molecule has 1 saturated heterocycles. The van der Waals surface area contributed by atoms with Gasteiger partial charge in [0.15, 0.2) is 5.65 Å². The molecule has 0 amide bonds. The van der Waals surface area contributed by atoms with Crippen LogP contribution in [0.25, 0.3) is 28.0 Å². The molecule has 0 aliphatic carbocycles. The van der Waals surface area contributed by atoms with Gasteiger partial charge in [0, 0.05) is 48.5 Å². The molecule has 0 radical (unpaired) electrons. The van der Waals surface area contributed by atoms with Crippen LogP contribution in [0.1, 0.15) is 18.4 Å². The van der Waals surface area contributed by atoms with Crippen LogP contribution in [-0.2, 0) is 6.54 Å². The molecule has 0 bridgehead atoms. The van der Waals surface area contributed by atoms with Gasteiger partial charge in [0.05, 0.1) is 5.69 Å². The summed E-state index contributed by atoms with van der Waals surface area (Å²) in [5.41, 5.74) is 7.58. The van der Waals surface area contributed by atoms with E-state index in [-0.39, 0.29) is 0 Å². The first-order chi connectivity index (χ1) is 18.1. The Labute approximate surface area is 223 Å². The topological polar surface area (TPSA) is 45.5 Å². The molecule has 0 atom stereocenters. The fourth-order valence-electron chi connectivity index (χ4n) is 5.12. The minimum atomic E-state index is 0.380. The minimum absolute atomic E-state index is 0.380. The highest BCUT2D eigenvalue weighted by Gasteiger charge is 2.21. The molecular weight excluding hydrogens is 477 g/mol. The van der Waals surface area contributed by atoms with Crippen LogP contribution in [0.2, 0.25) is 5.02 Å². The van der Waals surface area contributed by atoms with Gasteiger partial charge in [-0.15, -0.1) is 0 Å². The van der Waals surface area contributed by atoms with Crippen molar-refractivity contribution in [3.05, 3.63) is 102 Å². The molecule has 0 saturated carbocycles. The Bertz CT molecular complexity index is 1510. The summed E-state index contributed by atoms with van der Waals surface area (Å²) >= 11 is 6.50. The summed E-state index contributed by atoms with van der Waals surface area (Å²) in [6.45, 7) is 3.10. The quantitative estimate of drug-likeness (QED) is 0.328. The summed E-state index contributed by atoms with van der Waals surface area (Å²) in [5.74, 6) is 0.961. The number of anilines is 1. The molecule has 0 spiro atoms. The molecule has 1 N–H and O–H groups in total. The second kappa shape index (κ2) is 10.4. The van der Waals surface area contributed by atoms with Gasteiger partial charge in [-0.25, -0.2) is 4.98 Å². The molecule has 3 heterocycles. The van der Waals surface area contributed by atoms with Gasteiger partial charge in [-0.3, -0.25) is 4.90 Å². The molecule has 5 nitrogen and oxygen atoms in total. The lowest BCUT2D eigenvalue weighted by atomic mass is 10.0. The number of hydrogen-bond donors (Lipinski definition) is 1. The fourth-order valence-corrected chi connectivity index (χ4v) is 5.35. The van der Waals surface area contributed by atoms with E-state index in [1.807, 2.05) is 42.8 Å². The first kappa shape index (κ1) is 23.8. The summed E-state index contributed by atoms with van der Waals surface area (Å²) in [7, 11) is 2.04. The molecule has 37 heavy (non-hydrogen) atoms. The van der Waals surface area contributed by atoms with E-state index in [1.165, 1.54) is 16.7 Å². The van der Waals surface area contributed by atoms with E-state index in [2.05, 4.69) is 76.0 Å². The third-order valence-corrected chi connectivity index (χ3v) is 7.53. The van der Waals surface area contributed by atoms with Gasteiger partial charge in [0.25, 0.3) is 0 Å². The van der Waals surface area contributed by atoms with Crippen LogP contribution >= 0.6 is 11.6 Å². The lowest BCUT2D eigenvalue weighted by molar-refractivity contribution is 0.211. The highest BCUT2D eigenvalue weighted by Crippen LogP contribution is 2.29. The van der Waals surface area contributed by atoms with E-state index >= 15 is 0 Å². The molecule has 2 aromatic heterocycles.